The summed E-state index contributed by atoms with van der Waals surface area (Å²) in [5.41, 5.74) is -2.94. The van der Waals surface area contributed by atoms with Crippen molar-refractivity contribution in [3.8, 4) is 11.5 Å². The van der Waals surface area contributed by atoms with Crippen molar-refractivity contribution >= 4 is 59.7 Å². The lowest BCUT2D eigenvalue weighted by molar-refractivity contribution is 0.0697. The van der Waals surface area contributed by atoms with Gasteiger partial charge in [0.25, 0.3) is 25.8 Å². The second-order valence-corrected chi connectivity index (χ2v) is 12.8. The Bertz CT molecular complexity index is 2220. The first-order valence-corrected chi connectivity index (χ1v) is 16.3. The summed E-state index contributed by atoms with van der Waals surface area (Å²) in [5, 5.41) is 45.4. The van der Waals surface area contributed by atoms with Crippen LogP contribution in [0.15, 0.2) is 71.4 Å². The lowest BCUT2D eigenvalue weighted by Crippen LogP contribution is -2.21. The summed E-state index contributed by atoms with van der Waals surface area (Å²) in [6, 6.07) is 6.46. The third-order valence-corrected chi connectivity index (χ3v) is 8.78. The van der Waals surface area contributed by atoms with Gasteiger partial charge in [0.2, 0.25) is 0 Å². The highest BCUT2D eigenvalue weighted by Crippen LogP contribution is 2.50. The van der Waals surface area contributed by atoms with Gasteiger partial charge in [-0.05, 0) is 43.0 Å². The van der Waals surface area contributed by atoms with Crippen LogP contribution in [-0.2, 0) is 33.8 Å². The smallest absolute Gasteiger partial charge is 0.337 e. The number of phenolic OH excluding ortho intramolecular Hbond substituents is 2. The van der Waals surface area contributed by atoms with Gasteiger partial charge in [-0.1, -0.05) is 31.9 Å². The molecule has 0 aliphatic carbocycles. The molecule has 244 valence electrons. The zero-order chi connectivity index (χ0) is 34.1. The maximum absolute atomic E-state index is 13.1. The van der Waals surface area contributed by atoms with Gasteiger partial charge in [-0.15, -0.1) is 20.5 Å². The van der Waals surface area contributed by atoms with Crippen LogP contribution in [0.1, 0.15) is 42.2 Å². The summed E-state index contributed by atoms with van der Waals surface area (Å²) in [7, 11) is -8.83. The largest absolute Gasteiger partial charge is 0.505 e. The van der Waals surface area contributed by atoms with Crippen molar-refractivity contribution in [1.29, 1.82) is 0 Å². The molecule has 3 aromatic carbocycles. The van der Waals surface area contributed by atoms with Crippen LogP contribution < -0.4 is 5.56 Å². The molecule has 4 rings (SSSR count). The molecule has 0 bridgehead atoms. The third kappa shape index (κ3) is 6.52. The topological polar surface area (TPSA) is 263 Å². The molecular formula is C27H28N6O11S2. The van der Waals surface area contributed by atoms with Gasteiger partial charge in [-0.3, -0.25) is 18.6 Å². The number of rotatable bonds is 11. The molecule has 19 heteroatoms. The Balaban J connectivity index is 2.00. The Kier molecular flexibility index (Phi) is 9.43. The summed E-state index contributed by atoms with van der Waals surface area (Å²) in [6.45, 7) is 3.90. The standard InChI is InChI=1S/C27H28N6O11S2/c1-4-5-8-11-33-26(36)21(14(2)32(33)3)29-31-23-19(46(42,43)44)13-15-12-18(45(39,40)41)22(24(34)20(15)25(23)35)30-28-17-10-7-6-9-16(17)27(37)38/h6-7,9-10,12-13,34-35H,4-5,8,11H2,1-3H3,(H,37,38)(H,39,40,41)(H,42,43,44)/b30-28?,31-29+. The van der Waals surface area contributed by atoms with Gasteiger partial charge in [0.05, 0.1) is 16.6 Å². The van der Waals surface area contributed by atoms with E-state index in [-0.39, 0.29) is 16.9 Å². The molecule has 0 atom stereocenters. The van der Waals surface area contributed by atoms with E-state index in [0.717, 1.165) is 12.8 Å². The molecule has 0 saturated heterocycles. The number of aromatic carboxylic acids is 1. The zero-order valence-electron chi connectivity index (χ0n) is 24.5. The predicted octanol–water partition coefficient (Wildman–Crippen LogP) is 5.27. The van der Waals surface area contributed by atoms with Gasteiger partial charge < -0.3 is 15.3 Å². The molecule has 0 spiro atoms. The van der Waals surface area contributed by atoms with Crippen LogP contribution in [0, 0.1) is 6.92 Å². The van der Waals surface area contributed by atoms with Crippen LogP contribution in [0.4, 0.5) is 22.7 Å². The van der Waals surface area contributed by atoms with Crippen molar-refractivity contribution in [2.45, 2.75) is 49.4 Å². The highest BCUT2D eigenvalue weighted by atomic mass is 32.2. The number of azo groups is 2. The van der Waals surface area contributed by atoms with E-state index in [2.05, 4.69) is 20.5 Å². The molecule has 1 heterocycles. The van der Waals surface area contributed by atoms with E-state index in [9.17, 15) is 50.8 Å². The van der Waals surface area contributed by atoms with E-state index >= 15 is 0 Å². The maximum Gasteiger partial charge on any atom is 0.337 e. The van der Waals surface area contributed by atoms with Crippen LogP contribution in [0.5, 0.6) is 11.5 Å². The molecular weight excluding hydrogens is 648 g/mol. The monoisotopic (exact) mass is 676 g/mol. The van der Waals surface area contributed by atoms with Gasteiger partial charge in [0.1, 0.15) is 26.9 Å². The predicted molar refractivity (Wildman–Crippen MR) is 163 cm³/mol. The molecule has 0 aliphatic rings. The van der Waals surface area contributed by atoms with E-state index in [1.54, 1.807) is 14.0 Å². The van der Waals surface area contributed by atoms with Crippen molar-refractivity contribution in [2.24, 2.45) is 27.5 Å². The number of fused-ring (bicyclic) bond motifs is 1. The molecule has 5 N–H and O–H groups in total. The number of hydrogen-bond acceptors (Lipinski definition) is 12. The molecule has 0 amide bonds. The molecule has 1 aromatic heterocycles. The van der Waals surface area contributed by atoms with Crippen molar-refractivity contribution in [2.75, 3.05) is 0 Å². The van der Waals surface area contributed by atoms with Crippen molar-refractivity contribution in [3.63, 3.8) is 0 Å². The quantitative estimate of drug-likeness (QED) is 0.0775. The second-order valence-electron chi connectivity index (χ2n) is 10.0. The molecule has 0 aliphatic heterocycles. The molecule has 0 saturated carbocycles. The first kappa shape index (κ1) is 33.9. The summed E-state index contributed by atoms with van der Waals surface area (Å²) in [4.78, 5) is 22.4. The summed E-state index contributed by atoms with van der Waals surface area (Å²) in [6.07, 6.45) is 2.45. The van der Waals surface area contributed by atoms with E-state index in [1.165, 1.54) is 33.6 Å². The molecule has 0 unspecified atom stereocenters. The third-order valence-electron chi connectivity index (χ3n) is 7.05. The first-order valence-electron chi connectivity index (χ1n) is 13.4. The van der Waals surface area contributed by atoms with Gasteiger partial charge in [0.15, 0.2) is 17.2 Å². The number of hydrogen-bond donors (Lipinski definition) is 5. The first-order chi connectivity index (χ1) is 21.5. The minimum Gasteiger partial charge on any atom is -0.505 e. The second kappa shape index (κ2) is 12.8. The number of nitrogens with zero attached hydrogens (tertiary/aromatic N) is 6. The van der Waals surface area contributed by atoms with Crippen molar-refractivity contribution in [3.05, 3.63) is 58.0 Å². The van der Waals surface area contributed by atoms with Gasteiger partial charge >= 0.3 is 5.97 Å². The van der Waals surface area contributed by atoms with Gasteiger partial charge in [0, 0.05) is 13.6 Å². The molecule has 46 heavy (non-hydrogen) atoms. The fourth-order valence-corrected chi connectivity index (χ4v) is 5.93. The average molecular weight is 677 g/mol. The lowest BCUT2D eigenvalue weighted by Gasteiger charge is -2.13. The number of carboxylic acid groups (broad SMARTS) is 1. The van der Waals surface area contributed by atoms with Crippen molar-refractivity contribution in [1.82, 2.24) is 9.36 Å². The minimum atomic E-state index is -5.22. The van der Waals surface area contributed by atoms with E-state index in [0.29, 0.717) is 30.8 Å². The number of unbranched alkanes of at least 4 members (excludes halogenated alkanes) is 2. The number of benzene rings is 3. The number of carbonyl (C=O) groups is 1. The van der Waals surface area contributed by atoms with Gasteiger partial charge in [-0.2, -0.15) is 16.8 Å². The Hall–Kier alpha value is -4.98. The SMILES string of the molecule is CCCCCn1c(=O)c(/N=N/c2c(S(=O)(=O)O)cc3cc(S(=O)(=O)O)c(N=Nc4ccccc4C(=O)O)c(O)c3c2O)c(C)n1C. The minimum absolute atomic E-state index is 0.211. The van der Waals surface area contributed by atoms with Crippen LogP contribution in [0.2, 0.25) is 0 Å². The number of aromatic hydroxyl groups is 2. The van der Waals surface area contributed by atoms with E-state index < -0.39 is 75.2 Å². The van der Waals surface area contributed by atoms with Crippen molar-refractivity contribution < 1.29 is 46.1 Å². The zero-order valence-corrected chi connectivity index (χ0v) is 26.1. The Morgan fingerprint density at radius 3 is 1.89 bits per heavy atom. The highest BCUT2D eigenvalue weighted by Gasteiger charge is 2.29. The summed E-state index contributed by atoms with van der Waals surface area (Å²) < 4.78 is 71.9. The number of carboxylic acids is 1. The molecule has 0 fully saturated rings. The normalized spacial score (nSPS) is 12.5. The fourth-order valence-electron chi connectivity index (χ4n) is 4.62. The number of aromatic nitrogens is 2. The summed E-state index contributed by atoms with van der Waals surface area (Å²) in [5.74, 6) is -3.68. The van der Waals surface area contributed by atoms with Crippen LogP contribution in [0.3, 0.4) is 0 Å². The van der Waals surface area contributed by atoms with Gasteiger partial charge in [-0.25, -0.2) is 9.48 Å². The van der Waals surface area contributed by atoms with Crippen LogP contribution >= 0.6 is 0 Å². The molecule has 0 radical (unpaired) electrons. The molecule has 17 nitrogen and oxygen atoms in total. The Labute approximate surface area is 261 Å². The van der Waals surface area contributed by atoms with E-state index in [1.807, 2.05) is 6.92 Å². The average Bonchev–Trinajstić information content (AvgIpc) is 3.17. The van der Waals surface area contributed by atoms with Crippen LogP contribution in [0.25, 0.3) is 10.8 Å². The maximum atomic E-state index is 13.1. The Morgan fingerprint density at radius 2 is 1.37 bits per heavy atom. The summed E-state index contributed by atoms with van der Waals surface area (Å²) >= 11 is 0. The Morgan fingerprint density at radius 1 is 0.848 bits per heavy atom. The van der Waals surface area contributed by atoms with E-state index in [4.69, 9.17) is 0 Å². The lowest BCUT2D eigenvalue weighted by atomic mass is 10.1. The van der Waals surface area contributed by atoms with Crippen LogP contribution in [-0.4, -0.2) is 56.6 Å². The highest BCUT2D eigenvalue weighted by molar-refractivity contribution is 7.86. The number of phenols is 2. The molecule has 4 aromatic rings. The fraction of sp³-hybridized carbons (Fsp3) is 0.259.